The molecule has 1 amide bonds. The van der Waals surface area contributed by atoms with Gasteiger partial charge in [0.2, 0.25) is 5.91 Å². The SMILES string of the molecule is [NH3+]CCCCCC(=O)N1C[C@H]2C[C@H](C1)c1cccc(=O)n1C2. The van der Waals surface area contributed by atoms with E-state index in [0.717, 1.165) is 57.6 Å². The maximum Gasteiger partial charge on any atom is 0.250 e. The molecule has 3 rings (SSSR count). The van der Waals surface area contributed by atoms with Gasteiger partial charge in [0.1, 0.15) is 0 Å². The molecule has 1 aromatic heterocycles. The summed E-state index contributed by atoms with van der Waals surface area (Å²) in [6, 6.07) is 5.52. The van der Waals surface area contributed by atoms with Crippen LogP contribution >= 0.6 is 0 Å². The number of fused-ring (bicyclic) bond motifs is 4. The van der Waals surface area contributed by atoms with Crippen LogP contribution in [0.4, 0.5) is 0 Å². The van der Waals surface area contributed by atoms with Crippen molar-refractivity contribution in [1.29, 1.82) is 0 Å². The van der Waals surface area contributed by atoms with Crippen LogP contribution < -0.4 is 11.3 Å². The summed E-state index contributed by atoms with van der Waals surface area (Å²) in [6.45, 7) is 3.30. The molecule has 0 aromatic carbocycles. The number of quaternary nitrogens is 1. The number of aromatic nitrogens is 1. The number of nitrogens with zero attached hydrogens (tertiary/aromatic N) is 2. The van der Waals surface area contributed by atoms with Crippen LogP contribution in [-0.4, -0.2) is 35.0 Å². The molecule has 1 saturated heterocycles. The fourth-order valence-corrected chi connectivity index (χ4v) is 3.89. The molecule has 0 spiro atoms. The van der Waals surface area contributed by atoms with Gasteiger partial charge < -0.3 is 15.2 Å². The largest absolute Gasteiger partial charge is 0.358 e. The molecule has 5 nitrogen and oxygen atoms in total. The van der Waals surface area contributed by atoms with Crippen molar-refractivity contribution in [2.75, 3.05) is 19.6 Å². The Morgan fingerprint density at radius 2 is 2.05 bits per heavy atom. The predicted molar refractivity (Wildman–Crippen MR) is 84.4 cm³/mol. The zero-order chi connectivity index (χ0) is 15.5. The lowest BCUT2D eigenvalue weighted by atomic mass is 9.83. The number of amides is 1. The summed E-state index contributed by atoms with van der Waals surface area (Å²) in [6.07, 6.45) is 4.93. The van der Waals surface area contributed by atoms with E-state index in [9.17, 15) is 9.59 Å². The molecule has 1 fully saturated rings. The highest BCUT2D eigenvalue weighted by atomic mass is 16.2. The summed E-state index contributed by atoms with van der Waals surface area (Å²) in [5.74, 6) is 1.03. The molecular formula is C17H26N3O2+. The summed E-state index contributed by atoms with van der Waals surface area (Å²) in [5.41, 5.74) is 5.04. The lowest BCUT2D eigenvalue weighted by Gasteiger charge is -2.42. The summed E-state index contributed by atoms with van der Waals surface area (Å²) >= 11 is 0. The Hall–Kier alpha value is -1.62. The van der Waals surface area contributed by atoms with E-state index in [2.05, 4.69) is 5.73 Å². The molecule has 3 N–H and O–H groups in total. The van der Waals surface area contributed by atoms with Gasteiger partial charge >= 0.3 is 0 Å². The Morgan fingerprint density at radius 1 is 1.18 bits per heavy atom. The van der Waals surface area contributed by atoms with Gasteiger partial charge in [-0.05, 0) is 37.7 Å². The van der Waals surface area contributed by atoms with Crippen molar-refractivity contribution in [3.63, 3.8) is 0 Å². The van der Waals surface area contributed by atoms with Crippen LogP contribution in [-0.2, 0) is 11.3 Å². The average Bonchev–Trinajstić information content (AvgIpc) is 2.52. The lowest BCUT2D eigenvalue weighted by Crippen LogP contribution is -2.50. The van der Waals surface area contributed by atoms with Crippen LogP contribution in [0.15, 0.2) is 23.0 Å². The molecule has 2 bridgehead atoms. The van der Waals surface area contributed by atoms with E-state index in [4.69, 9.17) is 0 Å². The van der Waals surface area contributed by atoms with Gasteiger partial charge in [-0.25, -0.2) is 0 Å². The number of piperidine rings is 1. The van der Waals surface area contributed by atoms with E-state index in [0.29, 0.717) is 18.3 Å². The van der Waals surface area contributed by atoms with Crippen LogP contribution in [0.25, 0.3) is 0 Å². The number of carbonyl (C=O) groups excluding carboxylic acids is 1. The maximum atomic E-state index is 12.4. The predicted octanol–water partition coefficient (Wildman–Crippen LogP) is 0.596. The zero-order valence-electron chi connectivity index (χ0n) is 13.2. The third kappa shape index (κ3) is 3.09. The smallest absolute Gasteiger partial charge is 0.250 e. The molecule has 22 heavy (non-hydrogen) atoms. The van der Waals surface area contributed by atoms with Gasteiger partial charge in [0.05, 0.1) is 6.54 Å². The molecule has 0 radical (unpaired) electrons. The standard InChI is InChI=1S/C17H25N3O2/c18-8-3-1-2-6-16(21)19-10-13-9-14(12-19)15-5-4-7-17(22)20(15)11-13/h4-5,7,13-14H,1-3,6,8-12,18H2/p+1/t13-,14-/m1/s1. The Kier molecular flexibility index (Phi) is 4.62. The van der Waals surface area contributed by atoms with E-state index >= 15 is 0 Å². The van der Waals surface area contributed by atoms with Crippen LogP contribution in [0.5, 0.6) is 0 Å². The lowest BCUT2D eigenvalue weighted by molar-refractivity contribution is -0.368. The number of likely N-dealkylation sites (tertiary alicyclic amines) is 1. The number of rotatable bonds is 5. The van der Waals surface area contributed by atoms with Crippen molar-refractivity contribution in [3.8, 4) is 0 Å². The minimum atomic E-state index is 0.0974. The molecule has 2 aliphatic rings. The van der Waals surface area contributed by atoms with Crippen molar-refractivity contribution in [2.24, 2.45) is 5.92 Å². The van der Waals surface area contributed by atoms with E-state index in [1.807, 2.05) is 21.6 Å². The highest BCUT2D eigenvalue weighted by molar-refractivity contribution is 5.76. The minimum Gasteiger partial charge on any atom is -0.358 e. The third-order valence-electron chi connectivity index (χ3n) is 4.97. The summed E-state index contributed by atoms with van der Waals surface area (Å²) in [4.78, 5) is 26.4. The number of hydrogen-bond donors (Lipinski definition) is 1. The van der Waals surface area contributed by atoms with Crippen molar-refractivity contribution in [1.82, 2.24) is 9.47 Å². The second-order valence-corrected chi connectivity index (χ2v) is 6.66. The Bertz CT molecular complexity index is 596. The average molecular weight is 304 g/mol. The van der Waals surface area contributed by atoms with Gasteiger partial charge in [-0.15, -0.1) is 0 Å². The molecule has 120 valence electrons. The fraction of sp³-hybridized carbons (Fsp3) is 0.647. The number of carbonyl (C=O) groups is 1. The molecular weight excluding hydrogens is 278 g/mol. The minimum absolute atomic E-state index is 0.0974. The maximum absolute atomic E-state index is 12.4. The zero-order valence-corrected chi connectivity index (χ0v) is 13.2. The van der Waals surface area contributed by atoms with Gasteiger partial charge in [0, 0.05) is 43.7 Å². The third-order valence-corrected chi connectivity index (χ3v) is 4.97. The normalized spacial score (nSPS) is 23.2. The van der Waals surface area contributed by atoms with Crippen molar-refractivity contribution >= 4 is 5.91 Å². The molecule has 0 aliphatic carbocycles. The van der Waals surface area contributed by atoms with E-state index in [1.54, 1.807) is 6.07 Å². The Balaban J connectivity index is 1.66. The molecule has 0 saturated carbocycles. The highest BCUT2D eigenvalue weighted by Gasteiger charge is 2.35. The molecule has 2 aliphatic heterocycles. The quantitative estimate of drug-likeness (QED) is 0.809. The number of unbranched alkanes of at least 4 members (excludes halogenated alkanes) is 2. The Morgan fingerprint density at radius 3 is 2.86 bits per heavy atom. The van der Waals surface area contributed by atoms with Gasteiger partial charge in [-0.3, -0.25) is 9.59 Å². The van der Waals surface area contributed by atoms with E-state index < -0.39 is 0 Å². The first-order chi connectivity index (χ1) is 10.7. The molecule has 3 heterocycles. The Labute approximate surface area is 131 Å². The first-order valence-electron chi connectivity index (χ1n) is 8.46. The van der Waals surface area contributed by atoms with E-state index in [-0.39, 0.29) is 11.5 Å². The van der Waals surface area contributed by atoms with Crippen molar-refractivity contribution in [3.05, 3.63) is 34.2 Å². The monoisotopic (exact) mass is 304 g/mol. The molecule has 5 heteroatoms. The van der Waals surface area contributed by atoms with Crippen LogP contribution in [0, 0.1) is 5.92 Å². The molecule has 0 unspecified atom stereocenters. The van der Waals surface area contributed by atoms with Crippen LogP contribution in [0.3, 0.4) is 0 Å². The first kappa shape index (κ1) is 15.3. The van der Waals surface area contributed by atoms with Gasteiger partial charge in [-0.1, -0.05) is 6.07 Å². The summed E-state index contributed by atoms with van der Waals surface area (Å²) in [5, 5.41) is 0. The fourth-order valence-electron chi connectivity index (χ4n) is 3.89. The number of hydrogen-bond acceptors (Lipinski definition) is 2. The second-order valence-electron chi connectivity index (χ2n) is 6.66. The summed E-state index contributed by atoms with van der Waals surface area (Å²) in [7, 11) is 0. The van der Waals surface area contributed by atoms with Crippen molar-refractivity contribution < 1.29 is 10.5 Å². The van der Waals surface area contributed by atoms with Crippen LogP contribution in [0.1, 0.15) is 43.7 Å². The van der Waals surface area contributed by atoms with Crippen LogP contribution in [0.2, 0.25) is 0 Å². The molecule has 1 aromatic rings. The summed E-state index contributed by atoms with van der Waals surface area (Å²) < 4.78 is 1.91. The van der Waals surface area contributed by atoms with Crippen molar-refractivity contribution in [2.45, 2.75) is 44.6 Å². The second kappa shape index (κ2) is 6.65. The van der Waals surface area contributed by atoms with E-state index in [1.165, 1.54) is 0 Å². The first-order valence-corrected chi connectivity index (χ1v) is 8.46. The molecule has 2 atom stereocenters. The number of pyridine rings is 1. The van der Waals surface area contributed by atoms with Gasteiger partial charge in [-0.2, -0.15) is 0 Å². The van der Waals surface area contributed by atoms with Gasteiger partial charge in [0.15, 0.2) is 0 Å². The topological polar surface area (TPSA) is 70.0 Å². The highest BCUT2D eigenvalue weighted by Crippen LogP contribution is 2.35. The van der Waals surface area contributed by atoms with Gasteiger partial charge in [0.25, 0.3) is 5.56 Å².